The first-order chi connectivity index (χ1) is 12.0. The zero-order valence-corrected chi connectivity index (χ0v) is 14.0. The number of halogens is 1. The Labute approximate surface area is 144 Å². The summed E-state index contributed by atoms with van der Waals surface area (Å²) in [7, 11) is 0. The maximum absolute atomic E-state index is 13.9. The molecule has 0 fully saturated rings. The molecule has 0 radical (unpaired) electrons. The standard InChI is InChI=1S/C18H18FN5O/c1-11-3-4-13(9-21-11)5-6-16(25)22-18-12(2)17(23-24-18)14-7-8-20-10-15(14)19/h3-4,7-10H,5-6H2,1-2H3,(H2,22,23,24,25). The quantitative estimate of drug-likeness (QED) is 0.748. The highest BCUT2D eigenvalue weighted by Gasteiger charge is 2.16. The van der Waals surface area contributed by atoms with E-state index in [1.165, 1.54) is 6.20 Å². The molecule has 7 heteroatoms. The minimum atomic E-state index is -0.457. The number of hydrogen-bond acceptors (Lipinski definition) is 4. The number of aromatic nitrogens is 4. The lowest BCUT2D eigenvalue weighted by molar-refractivity contribution is -0.116. The first-order valence-electron chi connectivity index (χ1n) is 7.91. The third-order valence-corrected chi connectivity index (χ3v) is 3.92. The van der Waals surface area contributed by atoms with Crippen LogP contribution in [0.3, 0.4) is 0 Å². The van der Waals surface area contributed by atoms with Crippen LogP contribution in [0.15, 0.2) is 36.8 Å². The molecule has 0 aliphatic carbocycles. The van der Waals surface area contributed by atoms with E-state index in [4.69, 9.17) is 0 Å². The van der Waals surface area contributed by atoms with Crippen LogP contribution in [-0.2, 0) is 11.2 Å². The fraction of sp³-hybridized carbons (Fsp3) is 0.222. The first-order valence-corrected chi connectivity index (χ1v) is 7.91. The van der Waals surface area contributed by atoms with Crippen molar-refractivity contribution < 1.29 is 9.18 Å². The van der Waals surface area contributed by atoms with Gasteiger partial charge in [0.1, 0.15) is 11.5 Å². The SMILES string of the molecule is Cc1ccc(CCC(=O)Nc2[nH]nc(-c3ccncc3F)c2C)cn1. The van der Waals surface area contributed by atoms with Gasteiger partial charge in [-0.2, -0.15) is 5.10 Å². The molecule has 3 aromatic heterocycles. The Morgan fingerprint density at radius 2 is 2.08 bits per heavy atom. The van der Waals surface area contributed by atoms with Crippen molar-refractivity contribution in [2.75, 3.05) is 5.32 Å². The molecular weight excluding hydrogens is 321 g/mol. The van der Waals surface area contributed by atoms with Crippen LogP contribution in [-0.4, -0.2) is 26.1 Å². The number of nitrogens with zero attached hydrogens (tertiary/aromatic N) is 3. The molecule has 1 amide bonds. The summed E-state index contributed by atoms with van der Waals surface area (Å²) in [5.74, 6) is -0.130. The number of aromatic amines is 1. The smallest absolute Gasteiger partial charge is 0.225 e. The minimum Gasteiger partial charge on any atom is -0.311 e. The van der Waals surface area contributed by atoms with Crippen LogP contribution < -0.4 is 5.32 Å². The average molecular weight is 339 g/mol. The van der Waals surface area contributed by atoms with Gasteiger partial charge in [0, 0.05) is 35.6 Å². The summed E-state index contributed by atoms with van der Waals surface area (Å²) < 4.78 is 13.9. The molecular formula is C18H18FN5O. The number of anilines is 1. The van der Waals surface area contributed by atoms with Gasteiger partial charge in [-0.1, -0.05) is 6.07 Å². The molecule has 0 saturated carbocycles. The summed E-state index contributed by atoms with van der Waals surface area (Å²) in [5, 5.41) is 9.65. The molecule has 3 rings (SSSR count). The lowest BCUT2D eigenvalue weighted by Crippen LogP contribution is -2.13. The second kappa shape index (κ2) is 7.21. The maximum Gasteiger partial charge on any atom is 0.225 e. The Balaban J connectivity index is 1.66. The molecule has 6 nitrogen and oxygen atoms in total. The molecule has 0 saturated heterocycles. The molecule has 128 valence electrons. The number of amides is 1. The van der Waals surface area contributed by atoms with Crippen LogP contribution in [0.4, 0.5) is 10.2 Å². The number of carbonyl (C=O) groups excluding carboxylic acids is 1. The van der Waals surface area contributed by atoms with Crippen LogP contribution in [0.2, 0.25) is 0 Å². The van der Waals surface area contributed by atoms with Crippen molar-refractivity contribution in [3.8, 4) is 11.3 Å². The van der Waals surface area contributed by atoms with Gasteiger partial charge in [0.15, 0.2) is 5.82 Å². The van der Waals surface area contributed by atoms with Crippen LogP contribution >= 0.6 is 0 Å². The van der Waals surface area contributed by atoms with Crippen molar-refractivity contribution in [3.63, 3.8) is 0 Å². The number of H-pyrrole nitrogens is 1. The van der Waals surface area contributed by atoms with E-state index in [0.29, 0.717) is 35.5 Å². The van der Waals surface area contributed by atoms with Gasteiger partial charge in [-0.15, -0.1) is 0 Å². The Morgan fingerprint density at radius 3 is 2.80 bits per heavy atom. The van der Waals surface area contributed by atoms with Gasteiger partial charge in [0.2, 0.25) is 5.91 Å². The molecule has 0 spiro atoms. The van der Waals surface area contributed by atoms with E-state index in [1.54, 1.807) is 19.2 Å². The number of pyridine rings is 2. The van der Waals surface area contributed by atoms with Crippen molar-refractivity contribution in [1.82, 2.24) is 20.2 Å². The Bertz CT molecular complexity index is 889. The number of nitrogens with one attached hydrogen (secondary N) is 2. The van der Waals surface area contributed by atoms with Crippen molar-refractivity contribution >= 4 is 11.7 Å². The lowest BCUT2D eigenvalue weighted by atomic mass is 10.1. The molecule has 3 aromatic rings. The zero-order chi connectivity index (χ0) is 17.8. The molecule has 0 aliphatic rings. The van der Waals surface area contributed by atoms with Crippen LogP contribution in [0.5, 0.6) is 0 Å². The van der Waals surface area contributed by atoms with E-state index >= 15 is 0 Å². The number of carbonyl (C=O) groups is 1. The van der Waals surface area contributed by atoms with Crippen molar-refractivity contribution in [2.24, 2.45) is 0 Å². The van der Waals surface area contributed by atoms with Crippen LogP contribution in [0.1, 0.15) is 23.2 Å². The fourth-order valence-corrected chi connectivity index (χ4v) is 2.46. The molecule has 0 aliphatic heterocycles. The van der Waals surface area contributed by atoms with Gasteiger partial charge in [0.25, 0.3) is 0 Å². The highest BCUT2D eigenvalue weighted by molar-refractivity contribution is 5.91. The van der Waals surface area contributed by atoms with Crippen molar-refractivity contribution in [3.05, 3.63) is 59.4 Å². The normalized spacial score (nSPS) is 10.7. The third kappa shape index (κ3) is 3.88. The number of rotatable bonds is 5. The van der Waals surface area contributed by atoms with Gasteiger partial charge in [-0.25, -0.2) is 4.39 Å². The molecule has 0 atom stereocenters. The van der Waals surface area contributed by atoms with Crippen molar-refractivity contribution in [2.45, 2.75) is 26.7 Å². The summed E-state index contributed by atoms with van der Waals surface area (Å²) in [6.07, 6.45) is 5.33. The van der Waals surface area contributed by atoms with Crippen molar-refractivity contribution in [1.29, 1.82) is 0 Å². The molecule has 0 aromatic carbocycles. The highest BCUT2D eigenvalue weighted by Crippen LogP contribution is 2.27. The first kappa shape index (κ1) is 16.8. The van der Waals surface area contributed by atoms with Crippen LogP contribution in [0, 0.1) is 19.7 Å². The Hall–Kier alpha value is -3.09. The number of aryl methyl sites for hydroxylation is 2. The topological polar surface area (TPSA) is 83.6 Å². The largest absolute Gasteiger partial charge is 0.311 e. The molecule has 0 unspecified atom stereocenters. The second-order valence-electron chi connectivity index (χ2n) is 5.78. The molecule has 2 N–H and O–H groups in total. The summed E-state index contributed by atoms with van der Waals surface area (Å²) in [6.45, 7) is 3.69. The predicted molar refractivity (Wildman–Crippen MR) is 92.4 cm³/mol. The highest BCUT2D eigenvalue weighted by atomic mass is 19.1. The van der Waals surface area contributed by atoms with Gasteiger partial charge < -0.3 is 5.32 Å². The van der Waals surface area contributed by atoms with E-state index in [9.17, 15) is 9.18 Å². The molecule has 25 heavy (non-hydrogen) atoms. The van der Waals surface area contributed by atoms with Gasteiger partial charge in [0.05, 0.1) is 6.20 Å². The molecule has 0 bridgehead atoms. The average Bonchev–Trinajstić information content (AvgIpc) is 2.95. The minimum absolute atomic E-state index is 0.144. The van der Waals surface area contributed by atoms with Gasteiger partial charge in [-0.3, -0.25) is 19.9 Å². The van der Waals surface area contributed by atoms with E-state index in [1.807, 2.05) is 19.1 Å². The summed E-state index contributed by atoms with van der Waals surface area (Å²) in [6, 6.07) is 5.43. The van der Waals surface area contributed by atoms with E-state index in [-0.39, 0.29) is 5.91 Å². The number of hydrogen-bond donors (Lipinski definition) is 2. The van der Waals surface area contributed by atoms with Gasteiger partial charge in [-0.05, 0) is 38.0 Å². The Morgan fingerprint density at radius 1 is 1.24 bits per heavy atom. The predicted octanol–water partition coefficient (Wildman–Crippen LogP) is 3.19. The fourth-order valence-electron chi connectivity index (χ4n) is 2.46. The second-order valence-corrected chi connectivity index (χ2v) is 5.78. The van der Waals surface area contributed by atoms with E-state index < -0.39 is 5.82 Å². The third-order valence-electron chi connectivity index (χ3n) is 3.92. The Kier molecular flexibility index (Phi) is 4.83. The monoisotopic (exact) mass is 339 g/mol. The summed E-state index contributed by atoms with van der Waals surface area (Å²) in [5.41, 5.74) is 3.42. The van der Waals surface area contributed by atoms with E-state index in [2.05, 4.69) is 25.5 Å². The summed E-state index contributed by atoms with van der Waals surface area (Å²) >= 11 is 0. The van der Waals surface area contributed by atoms with Crippen LogP contribution in [0.25, 0.3) is 11.3 Å². The van der Waals surface area contributed by atoms with E-state index in [0.717, 1.165) is 17.5 Å². The maximum atomic E-state index is 13.9. The molecule has 3 heterocycles. The lowest BCUT2D eigenvalue weighted by Gasteiger charge is -2.05. The summed E-state index contributed by atoms with van der Waals surface area (Å²) in [4.78, 5) is 20.1. The zero-order valence-electron chi connectivity index (χ0n) is 14.0. The van der Waals surface area contributed by atoms with Gasteiger partial charge >= 0.3 is 0 Å².